The van der Waals surface area contributed by atoms with Crippen molar-refractivity contribution in [3.05, 3.63) is 57.0 Å². The second-order valence-electron chi connectivity index (χ2n) is 6.73. The Kier molecular flexibility index (Phi) is 8.76. The molecule has 2 amide bonds. The number of carbonyl (C=O) groups is 2. The summed E-state index contributed by atoms with van der Waals surface area (Å²) in [7, 11) is 1.54. The molecule has 1 aromatic carbocycles. The van der Waals surface area contributed by atoms with Gasteiger partial charge >= 0.3 is 6.18 Å². The molecule has 10 heteroatoms. The van der Waals surface area contributed by atoms with Crippen LogP contribution in [0.5, 0.6) is 0 Å². The summed E-state index contributed by atoms with van der Waals surface area (Å²) < 4.78 is 42.8. The van der Waals surface area contributed by atoms with E-state index < -0.39 is 17.6 Å². The van der Waals surface area contributed by atoms with Crippen LogP contribution < -0.4 is 5.32 Å². The van der Waals surface area contributed by atoms with Gasteiger partial charge in [0, 0.05) is 24.6 Å². The number of halogens is 3. The summed E-state index contributed by atoms with van der Waals surface area (Å²) in [4.78, 5) is 31.6. The largest absolute Gasteiger partial charge is 0.416 e. The fraction of sp³-hybridized carbons (Fsp3) is 0.381. The van der Waals surface area contributed by atoms with Gasteiger partial charge in [0.15, 0.2) is 0 Å². The van der Waals surface area contributed by atoms with E-state index in [1.54, 1.807) is 4.90 Å². The number of hydrogen-bond acceptors (Lipinski definition) is 5. The highest BCUT2D eigenvalue weighted by Gasteiger charge is 2.29. The van der Waals surface area contributed by atoms with Gasteiger partial charge in [-0.05, 0) is 37.6 Å². The van der Waals surface area contributed by atoms with Gasteiger partial charge in [-0.1, -0.05) is 12.1 Å². The second-order valence-corrected chi connectivity index (χ2v) is 8.02. The molecule has 31 heavy (non-hydrogen) atoms. The smallest absolute Gasteiger partial charge is 0.383 e. The molecule has 168 valence electrons. The minimum Gasteiger partial charge on any atom is -0.383 e. The molecule has 1 N–H and O–H groups in total. The van der Waals surface area contributed by atoms with Gasteiger partial charge in [0.1, 0.15) is 5.01 Å². The SMILES string of the molecule is COCCN(Cc1nc(C)c(C)s1)C(=O)CNC(=O)/C=C/c1ccc(C(F)(F)F)cc1. The maximum absolute atomic E-state index is 12.6. The molecular weight excluding hydrogens is 431 g/mol. The Morgan fingerprint density at radius 2 is 1.90 bits per heavy atom. The number of aryl methyl sites for hydroxylation is 2. The summed E-state index contributed by atoms with van der Waals surface area (Å²) in [6.45, 7) is 4.66. The zero-order chi connectivity index (χ0) is 23.0. The summed E-state index contributed by atoms with van der Waals surface area (Å²) >= 11 is 1.51. The first kappa shape index (κ1) is 24.5. The number of benzene rings is 1. The van der Waals surface area contributed by atoms with Crippen LogP contribution in [-0.2, 0) is 27.0 Å². The van der Waals surface area contributed by atoms with Crippen LogP contribution in [0.15, 0.2) is 30.3 Å². The van der Waals surface area contributed by atoms with Gasteiger partial charge < -0.3 is 15.0 Å². The number of alkyl halides is 3. The zero-order valence-corrected chi connectivity index (χ0v) is 18.3. The number of rotatable bonds is 9. The van der Waals surface area contributed by atoms with Crippen LogP contribution in [0.3, 0.4) is 0 Å². The fourth-order valence-electron chi connectivity index (χ4n) is 2.55. The van der Waals surface area contributed by atoms with Gasteiger partial charge in [-0.2, -0.15) is 13.2 Å². The lowest BCUT2D eigenvalue weighted by atomic mass is 10.1. The summed E-state index contributed by atoms with van der Waals surface area (Å²) in [5.74, 6) is -0.820. The predicted octanol–water partition coefficient (Wildman–Crippen LogP) is 3.58. The Bertz CT molecular complexity index is 905. The van der Waals surface area contributed by atoms with Crippen LogP contribution in [-0.4, -0.2) is 48.5 Å². The lowest BCUT2D eigenvalue weighted by molar-refractivity contribution is -0.137. The molecular formula is C21H24F3N3O3S. The van der Waals surface area contributed by atoms with E-state index in [4.69, 9.17) is 4.74 Å². The quantitative estimate of drug-likeness (QED) is 0.587. The van der Waals surface area contributed by atoms with Gasteiger partial charge in [-0.3, -0.25) is 9.59 Å². The molecule has 1 aromatic heterocycles. The van der Waals surface area contributed by atoms with Gasteiger partial charge in [-0.25, -0.2) is 4.98 Å². The Hall–Kier alpha value is -2.72. The van der Waals surface area contributed by atoms with Crippen LogP contribution in [0.2, 0.25) is 0 Å². The number of hydrogen-bond donors (Lipinski definition) is 1. The molecule has 0 aliphatic carbocycles. The van der Waals surface area contributed by atoms with Crippen molar-refractivity contribution in [3.63, 3.8) is 0 Å². The molecule has 6 nitrogen and oxygen atoms in total. The molecule has 2 aromatic rings. The molecule has 0 unspecified atom stereocenters. The molecule has 0 radical (unpaired) electrons. The molecule has 0 aliphatic heterocycles. The van der Waals surface area contributed by atoms with Crippen LogP contribution >= 0.6 is 11.3 Å². The third-order valence-corrected chi connectivity index (χ3v) is 5.45. The lowest BCUT2D eigenvalue weighted by Crippen LogP contribution is -2.40. The number of methoxy groups -OCH3 is 1. The van der Waals surface area contributed by atoms with E-state index in [0.717, 1.165) is 27.7 Å². The average Bonchev–Trinajstić information content (AvgIpc) is 3.04. The molecule has 0 spiro atoms. The molecule has 0 bridgehead atoms. The number of nitrogens with one attached hydrogen (secondary N) is 1. The fourth-order valence-corrected chi connectivity index (χ4v) is 3.50. The van der Waals surface area contributed by atoms with E-state index in [-0.39, 0.29) is 12.5 Å². The van der Waals surface area contributed by atoms with Crippen molar-refractivity contribution in [2.24, 2.45) is 0 Å². The third-order valence-electron chi connectivity index (χ3n) is 4.40. The van der Waals surface area contributed by atoms with Gasteiger partial charge in [0.2, 0.25) is 11.8 Å². The monoisotopic (exact) mass is 455 g/mol. The average molecular weight is 456 g/mol. The first-order valence-corrected chi connectivity index (χ1v) is 10.2. The number of ether oxygens (including phenoxy) is 1. The van der Waals surface area contributed by atoms with Crippen molar-refractivity contribution in [1.82, 2.24) is 15.2 Å². The summed E-state index contributed by atoms with van der Waals surface area (Å²) in [6, 6.07) is 4.41. The Balaban J connectivity index is 1.91. The number of amides is 2. The van der Waals surface area contributed by atoms with E-state index in [0.29, 0.717) is 25.3 Å². The number of thiazole rings is 1. The van der Waals surface area contributed by atoms with Crippen molar-refractivity contribution in [2.45, 2.75) is 26.6 Å². The highest BCUT2D eigenvalue weighted by atomic mass is 32.1. The minimum absolute atomic E-state index is 0.219. The van der Waals surface area contributed by atoms with E-state index in [1.807, 2.05) is 13.8 Å². The maximum atomic E-state index is 12.6. The van der Waals surface area contributed by atoms with Gasteiger partial charge in [0.25, 0.3) is 0 Å². The minimum atomic E-state index is -4.41. The molecule has 0 saturated carbocycles. The van der Waals surface area contributed by atoms with E-state index in [1.165, 1.54) is 42.7 Å². The molecule has 0 fully saturated rings. The number of aromatic nitrogens is 1. The van der Waals surface area contributed by atoms with Crippen molar-refractivity contribution in [1.29, 1.82) is 0 Å². The maximum Gasteiger partial charge on any atom is 0.416 e. The highest BCUT2D eigenvalue weighted by molar-refractivity contribution is 7.11. The molecule has 0 atom stereocenters. The van der Waals surface area contributed by atoms with Crippen molar-refractivity contribution >= 4 is 29.2 Å². The molecule has 1 heterocycles. The summed E-state index contributed by atoms with van der Waals surface area (Å²) in [5, 5.41) is 3.29. The van der Waals surface area contributed by atoms with Crippen LogP contribution in [0, 0.1) is 13.8 Å². The topological polar surface area (TPSA) is 71.5 Å². The van der Waals surface area contributed by atoms with Crippen molar-refractivity contribution < 1.29 is 27.5 Å². The van der Waals surface area contributed by atoms with Gasteiger partial charge in [0.05, 0.1) is 31.0 Å². The van der Waals surface area contributed by atoms with E-state index in [9.17, 15) is 22.8 Å². The number of nitrogens with zero attached hydrogens (tertiary/aromatic N) is 2. The van der Waals surface area contributed by atoms with Crippen LogP contribution in [0.1, 0.15) is 26.7 Å². The van der Waals surface area contributed by atoms with E-state index in [2.05, 4.69) is 10.3 Å². The normalized spacial score (nSPS) is 11.7. The standard InChI is InChI=1S/C21H24F3N3O3S/c1-14-15(2)31-19(26-14)13-27(10-11-30-3)20(29)12-25-18(28)9-6-16-4-7-17(8-5-16)21(22,23)24/h4-9H,10-13H2,1-3H3,(H,25,28)/b9-6+. The molecule has 0 saturated heterocycles. The first-order valence-electron chi connectivity index (χ1n) is 9.43. The third kappa shape index (κ3) is 7.80. The first-order chi connectivity index (χ1) is 14.6. The Morgan fingerprint density at radius 1 is 1.23 bits per heavy atom. The number of carbonyl (C=O) groups excluding carboxylic acids is 2. The van der Waals surface area contributed by atoms with Crippen molar-refractivity contribution in [3.8, 4) is 0 Å². The summed E-state index contributed by atoms with van der Waals surface area (Å²) in [5.41, 5.74) is 0.591. The van der Waals surface area contributed by atoms with Crippen LogP contribution in [0.4, 0.5) is 13.2 Å². The highest BCUT2D eigenvalue weighted by Crippen LogP contribution is 2.29. The Morgan fingerprint density at radius 3 is 2.45 bits per heavy atom. The zero-order valence-electron chi connectivity index (χ0n) is 17.5. The molecule has 0 aliphatic rings. The van der Waals surface area contributed by atoms with Gasteiger partial charge in [-0.15, -0.1) is 11.3 Å². The summed E-state index contributed by atoms with van der Waals surface area (Å²) in [6.07, 6.45) is -1.86. The second kappa shape index (κ2) is 11.1. The Labute approximate surface area is 182 Å². The van der Waals surface area contributed by atoms with Crippen LogP contribution in [0.25, 0.3) is 6.08 Å². The predicted molar refractivity (Wildman–Crippen MR) is 112 cm³/mol. The molecule has 2 rings (SSSR count). The van der Waals surface area contributed by atoms with Crippen molar-refractivity contribution in [2.75, 3.05) is 26.8 Å². The lowest BCUT2D eigenvalue weighted by Gasteiger charge is -2.21. The van der Waals surface area contributed by atoms with E-state index >= 15 is 0 Å².